The van der Waals surface area contributed by atoms with Gasteiger partial charge in [0.05, 0.1) is 12.1 Å². The highest BCUT2D eigenvalue weighted by molar-refractivity contribution is 7.13. The van der Waals surface area contributed by atoms with Gasteiger partial charge in [0.2, 0.25) is 5.91 Å². The van der Waals surface area contributed by atoms with Gasteiger partial charge >= 0.3 is 0 Å². The number of aliphatic imine (C=N–C) groups is 1. The van der Waals surface area contributed by atoms with Gasteiger partial charge in [-0.25, -0.2) is 18.8 Å². The minimum absolute atomic E-state index is 0.00166. The highest BCUT2D eigenvalue weighted by atomic mass is 32.1. The lowest BCUT2D eigenvalue weighted by atomic mass is 9.81. The van der Waals surface area contributed by atoms with Crippen molar-refractivity contribution >= 4 is 29.7 Å². The predicted molar refractivity (Wildman–Crippen MR) is 132 cm³/mol. The van der Waals surface area contributed by atoms with Crippen LogP contribution in [0, 0.1) is 17.2 Å². The van der Waals surface area contributed by atoms with Crippen LogP contribution in [0.15, 0.2) is 16.5 Å². The maximum absolute atomic E-state index is 13.5. The second-order valence-electron chi connectivity index (χ2n) is 9.05. The van der Waals surface area contributed by atoms with E-state index < -0.39 is 24.9 Å². The van der Waals surface area contributed by atoms with Gasteiger partial charge in [0.15, 0.2) is 12.6 Å². The van der Waals surface area contributed by atoms with E-state index in [9.17, 15) is 18.0 Å². The van der Waals surface area contributed by atoms with Crippen LogP contribution < -0.4 is 10.1 Å². The first-order valence-electron chi connectivity index (χ1n) is 12.1. The Kier molecular flexibility index (Phi) is 10.7. The van der Waals surface area contributed by atoms with Crippen molar-refractivity contribution in [2.45, 2.75) is 57.8 Å². The lowest BCUT2D eigenvalue weighted by Gasteiger charge is -2.28. The van der Waals surface area contributed by atoms with E-state index in [2.05, 4.69) is 20.2 Å². The number of nitrogens with one attached hydrogen (secondary N) is 2. The number of hydrogen-bond donors (Lipinski definition) is 2. The molecule has 11 heteroatoms. The summed E-state index contributed by atoms with van der Waals surface area (Å²) in [5, 5.41) is 9.88. The molecule has 0 saturated heterocycles. The molecule has 194 valence electrons. The van der Waals surface area contributed by atoms with Crippen LogP contribution in [0.2, 0.25) is 0 Å². The summed E-state index contributed by atoms with van der Waals surface area (Å²) < 4.78 is 43.3. The summed E-state index contributed by atoms with van der Waals surface area (Å²) in [6, 6.07) is 0. The Labute approximate surface area is 208 Å². The maximum Gasteiger partial charge on any atom is 0.273 e. The average Bonchev–Trinajstić information content (AvgIpc) is 3.16. The third kappa shape index (κ3) is 8.71. The Balaban J connectivity index is 1.35. The smallest absolute Gasteiger partial charge is 0.273 e. The van der Waals surface area contributed by atoms with Gasteiger partial charge in [-0.05, 0) is 56.9 Å². The van der Waals surface area contributed by atoms with Gasteiger partial charge in [-0.3, -0.25) is 4.79 Å². The number of halogens is 3. The van der Waals surface area contributed by atoms with Gasteiger partial charge < -0.3 is 20.4 Å². The lowest BCUT2D eigenvalue weighted by molar-refractivity contribution is -0.117. The fourth-order valence-electron chi connectivity index (χ4n) is 4.55. The molecule has 0 spiro atoms. The molecule has 0 aromatic carbocycles. The molecular weight excluding hydrogens is 479 g/mol. The Morgan fingerprint density at radius 2 is 2.06 bits per heavy atom. The first-order valence-corrected chi connectivity index (χ1v) is 12.9. The first kappa shape index (κ1) is 27.3. The van der Waals surface area contributed by atoms with Crippen molar-refractivity contribution in [3.8, 4) is 5.19 Å². The fraction of sp³-hybridized carbons (Fsp3) is 0.667. The summed E-state index contributed by atoms with van der Waals surface area (Å²) >= 11 is 1.39. The molecule has 1 aromatic rings. The summed E-state index contributed by atoms with van der Waals surface area (Å²) in [6.45, 7) is 2.27. The van der Waals surface area contributed by atoms with E-state index in [-0.39, 0.29) is 17.9 Å². The number of fused-ring (bicyclic) bond motifs is 1. The van der Waals surface area contributed by atoms with Crippen molar-refractivity contribution in [1.82, 2.24) is 15.2 Å². The molecule has 2 N–H and O–H groups in total. The van der Waals surface area contributed by atoms with Gasteiger partial charge in [0, 0.05) is 49.4 Å². The SMILES string of the molecule is CN/C(F)=C(\C=N)CC(=O)/N=C\C1CCC(CCN2CCc3nc(OCC(F)F)sc3CC2)CC1. The molecule has 1 aromatic heterocycles. The molecule has 7 nitrogen and oxygen atoms in total. The standard InChI is InChI=1S/C24H34F3N5O2S/c1-29-23(27)18(13-28)12-22(33)30-14-17-4-2-16(3-5-17)6-9-32-10-7-19-20(8-11-32)35-24(31-19)34-15-21(25)26/h13-14,16-17,21,28-29H,2-12,15H2,1H3/b23-18-,28-13?,30-14-. The molecule has 1 aliphatic heterocycles. The number of amides is 1. The van der Waals surface area contributed by atoms with E-state index in [0.717, 1.165) is 81.4 Å². The van der Waals surface area contributed by atoms with Crippen LogP contribution in [0.25, 0.3) is 0 Å². The number of carbonyl (C=O) groups is 1. The van der Waals surface area contributed by atoms with E-state index >= 15 is 0 Å². The van der Waals surface area contributed by atoms with Crippen LogP contribution in [0.1, 0.15) is 49.1 Å². The van der Waals surface area contributed by atoms with E-state index in [1.165, 1.54) is 18.4 Å². The zero-order valence-corrected chi connectivity index (χ0v) is 20.9. The minimum Gasteiger partial charge on any atom is -0.464 e. The normalized spacial score (nSPS) is 22.0. The highest BCUT2D eigenvalue weighted by Crippen LogP contribution is 2.31. The Morgan fingerprint density at radius 1 is 1.31 bits per heavy atom. The Hall–Kier alpha value is -2.27. The van der Waals surface area contributed by atoms with E-state index in [1.807, 2.05) is 0 Å². The zero-order chi connectivity index (χ0) is 25.2. The number of carbonyl (C=O) groups excluding carboxylic acids is 1. The third-order valence-corrected chi connectivity index (χ3v) is 7.67. The quantitative estimate of drug-likeness (QED) is 0.338. The maximum atomic E-state index is 13.5. The van der Waals surface area contributed by atoms with Crippen molar-refractivity contribution in [2.75, 3.05) is 33.3 Å². The Morgan fingerprint density at radius 3 is 2.74 bits per heavy atom. The number of alkyl halides is 2. The van der Waals surface area contributed by atoms with Gasteiger partial charge in [-0.1, -0.05) is 11.3 Å². The van der Waals surface area contributed by atoms with Crippen molar-refractivity contribution in [3.05, 3.63) is 22.1 Å². The second kappa shape index (κ2) is 13.7. The molecule has 2 aliphatic rings. The van der Waals surface area contributed by atoms with Crippen LogP contribution in [-0.4, -0.2) is 67.9 Å². The van der Waals surface area contributed by atoms with Crippen LogP contribution in [0.5, 0.6) is 5.19 Å². The van der Waals surface area contributed by atoms with E-state index in [1.54, 1.807) is 6.21 Å². The lowest BCUT2D eigenvalue weighted by Crippen LogP contribution is -2.29. The summed E-state index contributed by atoms with van der Waals surface area (Å²) in [7, 11) is 1.40. The summed E-state index contributed by atoms with van der Waals surface area (Å²) in [6.07, 6.45) is 6.82. The monoisotopic (exact) mass is 513 g/mol. The molecule has 0 bridgehead atoms. The number of aromatic nitrogens is 1. The first-order chi connectivity index (χ1) is 16.9. The van der Waals surface area contributed by atoms with Crippen molar-refractivity contribution in [3.63, 3.8) is 0 Å². The second-order valence-corrected chi connectivity index (χ2v) is 10.1. The van der Waals surface area contributed by atoms with Crippen LogP contribution in [0.4, 0.5) is 13.2 Å². The van der Waals surface area contributed by atoms with Gasteiger partial charge in [-0.15, -0.1) is 0 Å². The molecule has 0 radical (unpaired) electrons. The molecule has 0 atom stereocenters. The topological polar surface area (TPSA) is 90.7 Å². The molecule has 1 amide bonds. The van der Waals surface area contributed by atoms with Crippen LogP contribution >= 0.6 is 11.3 Å². The number of rotatable bonds is 11. The van der Waals surface area contributed by atoms with Crippen LogP contribution in [0.3, 0.4) is 0 Å². The predicted octanol–water partition coefficient (Wildman–Crippen LogP) is 4.42. The van der Waals surface area contributed by atoms with Crippen molar-refractivity contribution < 1.29 is 22.7 Å². The molecule has 3 rings (SSSR count). The third-order valence-electron chi connectivity index (χ3n) is 6.60. The molecular formula is C24H34F3N5O2S. The molecule has 1 saturated carbocycles. The minimum atomic E-state index is -2.49. The number of thiazole rings is 1. The molecule has 0 unspecified atom stereocenters. The van der Waals surface area contributed by atoms with Crippen molar-refractivity contribution in [2.24, 2.45) is 16.8 Å². The molecule has 1 aliphatic carbocycles. The van der Waals surface area contributed by atoms with Gasteiger partial charge in [0.25, 0.3) is 11.6 Å². The van der Waals surface area contributed by atoms with Crippen molar-refractivity contribution in [1.29, 1.82) is 5.41 Å². The average molecular weight is 514 g/mol. The molecule has 1 fully saturated rings. The molecule has 35 heavy (non-hydrogen) atoms. The number of ether oxygens (including phenoxy) is 1. The van der Waals surface area contributed by atoms with E-state index in [4.69, 9.17) is 10.1 Å². The van der Waals surface area contributed by atoms with E-state index in [0.29, 0.717) is 11.1 Å². The Bertz CT molecular complexity index is 887. The largest absolute Gasteiger partial charge is 0.464 e. The van der Waals surface area contributed by atoms with Crippen LogP contribution in [-0.2, 0) is 17.6 Å². The molecule has 2 heterocycles. The summed E-state index contributed by atoms with van der Waals surface area (Å²) in [5.41, 5.74) is 0.978. The number of nitrogens with zero attached hydrogens (tertiary/aromatic N) is 3. The van der Waals surface area contributed by atoms with Gasteiger partial charge in [0.1, 0.15) is 0 Å². The highest BCUT2D eigenvalue weighted by Gasteiger charge is 2.23. The summed E-state index contributed by atoms with van der Waals surface area (Å²) in [5.74, 6) is -0.201. The fourth-order valence-corrected chi connectivity index (χ4v) is 5.50. The number of hydrogen-bond acceptors (Lipinski definition) is 7. The zero-order valence-electron chi connectivity index (χ0n) is 20.1. The summed E-state index contributed by atoms with van der Waals surface area (Å²) in [4.78, 5) is 24.0. The van der Waals surface area contributed by atoms with Gasteiger partial charge in [-0.2, -0.15) is 4.39 Å².